The second-order valence-electron chi connectivity index (χ2n) is 3.07. The summed E-state index contributed by atoms with van der Waals surface area (Å²) in [5, 5.41) is 2.79. The van der Waals surface area contributed by atoms with Gasteiger partial charge < -0.3 is 10.1 Å². The van der Waals surface area contributed by atoms with Gasteiger partial charge in [-0.1, -0.05) is 0 Å². The van der Waals surface area contributed by atoms with Crippen molar-refractivity contribution in [2.24, 2.45) is 0 Å². The summed E-state index contributed by atoms with van der Waals surface area (Å²) < 4.78 is 4.91. The van der Waals surface area contributed by atoms with E-state index in [1.54, 1.807) is 25.4 Å². The van der Waals surface area contributed by atoms with Gasteiger partial charge in [0.2, 0.25) is 0 Å². The van der Waals surface area contributed by atoms with Gasteiger partial charge in [-0.3, -0.25) is 9.78 Å². The summed E-state index contributed by atoms with van der Waals surface area (Å²) in [6, 6.07) is 3.46. The molecule has 0 bridgehead atoms. The molecule has 1 N–H and O–H groups in total. The summed E-state index contributed by atoms with van der Waals surface area (Å²) in [5.41, 5.74) is 0.565. The topological polar surface area (TPSA) is 51.2 Å². The van der Waals surface area contributed by atoms with Gasteiger partial charge in [0, 0.05) is 25.5 Å². The first kappa shape index (κ1) is 10.7. The van der Waals surface area contributed by atoms with E-state index >= 15 is 0 Å². The van der Waals surface area contributed by atoms with Crippen LogP contribution < -0.4 is 5.32 Å². The van der Waals surface area contributed by atoms with E-state index in [9.17, 15) is 4.79 Å². The number of nitrogens with zero attached hydrogens (tertiary/aromatic N) is 1. The molecule has 0 spiro atoms. The first-order valence-electron chi connectivity index (χ1n) is 4.44. The standard InChI is InChI=1S/C10H14N2O2/c1-8(7-14-2)12-10(13)9-4-3-5-11-6-9/h3-6,8H,7H2,1-2H3,(H,12,13). The average molecular weight is 194 g/mol. The number of nitrogens with one attached hydrogen (secondary N) is 1. The summed E-state index contributed by atoms with van der Waals surface area (Å²) in [7, 11) is 1.60. The fourth-order valence-electron chi connectivity index (χ4n) is 1.10. The van der Waals surface area contributed by atoms with Crippen LogP contribution in [-0.2, 0) is 4.74 Å². The van der Waals surface area contributed by atoms with Gasteiger partial charge in [-0.05, 0) is 19.1 Å². The second kappa shape index (κ2) is 5.34. The molecule has 76 valence electrons. The van der Waals surface area contributed by atoms with Gasteiger partial charge in [0.15, 0.2) is 0 Å². The van der Waals surface area contributed by atoms with E-state index in [1.807, 2.05) is 6.92 Å². The highest BCUT2D eigenvalue weighted by Crippen LogP contribution is 1.96. The molecule has 0 saturated carbocycles. The Hall–Kier alpha value is -1.42. The molecule has 0 aliphatic heterocycles. The molecule has 1 aromatic heterocycles. The van der Waals surface area contributed by atoms with Crippen LogP contribution in [-0.4, -0.2) is 30.6 Å². The third-order valence-corrected chi connectivity index (χ3v) is 1.72. The van der Waals surface area contributed by atoms with E-state index < -0.39 is 0 Å². The van der Waals surface area contributed by atoms with Crippen molar-refractivity contribution in [1.82, 2.24) is 10.3 Å². The lowest BCUT2D eigenvalue weighted by Gasteiger charge is -2.12. The quantitative estimate of drug-likeness (QED) is 0.773. The molecule has 4 nitrogen and oxygen atoms in total. The van der Waals surface area contributed by atoms with E-state index in [0.717, 1.165) is 0 Å². The molecule has 4 heteroatoms. The third-order valence-electron chi connectivity index (χ3n) is 1.72. The van der Waals surface area contributed by atoms with Gasteiger partial charge in [-0.25, -0.2) is 0 Å². The van der Waals surface area contributed by atoms with Crippen molar-refractivity contribution in [3.63, 3.8) is 0 Å². The predicted octanol–water partition coefficient (Wildman–Crippen LogP) is 0.846. The number of carbonyl (C=O) groups excluding carboxylic acids is 1. The first-order chi connectivity index (χ1) is 6.74. The van der Waals surface area contributed by atoms with Crippen LogP contribution in [0, 0.1) is 0 Å². The minimum atomic E-state index is -0.123. The number of ether oxygens (including phenoxy) is 1. The summed E-state index contributed by atoms with van der Waals surface area (Å²) in [4.78, 5) is 15.4. The van der Waals surface area contributed by atoms with Gasteiger partial charge in [-0.15, -0.1) is 0 Å². The number of hydrogen-bond donors (Lipinski definition) is 1. The van der Waals surface area contributed by atoms with Crippen molar-refractivity contribution >= 4 is 5.91 Å². The molecule has 0 aliphatic rings. The molecule has 0 radical (unpaired) electrons. The van der Waals surface area contributed by atoms with Crippen LogP contribution in [0.1, 0.15) is 17.3 Å². The normalized spacial score (nSPS) is 12.1. The van der Waals surface area contributed by atoms with Crippen LogP contribution in [0.15, 0.2) is 24.5 Å². The monoisotopic (exact) mass is 194 g/mol. The fourth-order valence-corrected chi connectivity index (χ4v) is 1.10. The van der Waals surface area contributed by atoms with E-state index in [2.05, 4.69) is 10.3 Å². The Morgan fingerprint density at radius 2 is 2.50 bits per heavy atom. The third kappa shape index (κ3) is 3.14. The van der Waals surface area contributed by atoms with E-state index in [4.69, 9.17) is 4.74 Å². The number of pyridine rings is 1. The number of carbonyl (C=O) groups is 1. The van der Waals surface area contributed by atoms with Crippen molar-refractivity contribution in [3.05, 3.63) is 30.1 Å². The Kier molecular flexibility index (Phi) is 4.07. The lowest BCUT2D eigenvalue weighted by Crippen LogP contribution is -2.35. The number of aromatic nitrogens is 1. The number of hydrogen-bond acceptors (Lipinski definition) is 3. The van der Waals surface area contributed by atoms with Crippen LogP contribution in [0.2, 0.25) is 0 Å². The molecule has 0 aromatic carbocycles. The average Bonchev–Trinajstić information content (AvgIpc) is 2.19. The largest absolute Gasteiger partial charge is 0.383 e. The molecule has 1 heterocycles. The van der Waals surface area contributed by atoms with Crippen molar-refractivity contribution in [2.45, 2.75) is 13.0 Å². The van der Waals surface area contributed by atoms with E-state index in [0.29, 0.717) is 12.2 Å². The Labute approximate surface area is 83.3 Å². The lowest BCUT2D eigenvalue weighted by atomic mass is 10.2. The van der Waals surface area contributed by atoms with Crippen LogP contribution in [0.25, 0.3) is 0 Å². The van der Waals surface area contributed by atoms with Crippen molar-refractivity contribution in [3.8, 4) is 0 Å². The highest BCUT2D eigenvalue weighted by atomic mass is 16.5. The van der Waals surface area contributed by atoms with Gasteiger partial charge in [0.1, 0.15) is 0 Å². The summed E-state index contributed by atoms with van der Waals surface area (Å²) >= 11 is 0. The number of rotatable bonds is 4. The highest BCUT2D eigenvalue weighted by molar-refractivity contribution is 5.93. The summed E-state index contributed by atoms with van der Waals surface area (Å²) in [6.45, 7) is 2.39. The highest BCUT2D eigenvalue weighted by Gasteiger charge is 2.08. The molecule has 14 heavy (non-hydrogen) atoms. The maximum Gasteiger partial charge on any atom is 0.253 e. The minimum absolute atomic E-state index is 0.00714. The number of methoxy groups -OCH3 is 1. The van der Waals surface area contributed by atoms with Crippen molar-refractivity contribution in [2.75, 3.05) is 13.7 Å². The smallest absolute Gasteiger partial charge is 0.253 e. The fraction of sp³-hybridized carbons (Fsp3) is 0.400. The van der Waals surface area contributed by atoms with E-state index in [1.165, 1.54) is 6.20 Å². The molecule has 1 unspecified atom stereocenters. The zero-order chi connectivity index (χ0) is 10.4. The first-order valence-corrected chi connectivity index (χ1v) is 4.44. The molecule has 0 fully saturated rings. The zero-order valence-corrected chi connectivity index (χ0v) is 8.36. The zero-order valence-electron chi connectivity index (χ0n) is 8.36. The van der Waals surface area contributed by atoms with Crippen LogP contribution in [0.4, 0.5) is 0 Å². The lowest BCUT2D eigenvalue weighted by molar-refractivity contribution is 0.0905. The number of amides is 1. The summed E-state index contributed by atoms with van der Waals surface area (Å²) in [5.74, 6) is -0.123. The molecular formula is C10H14N2O2. The van der Waals surface area contributed by atoms with Gasteiger partial charge >= 0.3 is 0 Å². The van der Waals surface area contributed by atoms with Crippen molar-refractivity contribution in [1.29, 1.82) is 0 Å². The van der Waals surface area contributed by atoms with Gasteiger partial charge in [0.05, 0.1) is 12.2 Å². The molecule has 0 saturated heterocycles. The Morgan fingerprint density at radius 3 is 3.07 bits per heavy atom. The maximum absolute atomic E-state index is 11.5. The van der Waals surface area contributed by atoms with E-state index in [-0.39, 0.29) is 11.9 Å². The Balaban J connectivity index is 2.51. The Bertz CT molecular complexity index is 287. The SMILES string of the molecule is COCC(C)NC(=O)c1cccnc1. The molecule has 1 atom stereocenters. The summed E-state index contributed by atoms with van der Waals surface area (Å²) in [6.07, 6.45) is 3.17. The van der Waals surface area contributed by atoms with Crippen LogP contribution in [0.3, 0.4) is 0 Å². The van der Waals surface area contributed by atoms with Crippen LogP contribution in [0.5, 0.6) is 0 Å². The van der Waals surface area contributed by atoms with Crippen LogP contribution >= 0.6 is 0 Å². The molecular weight excluding hydrogens is 180 g/mol. The maximum atomic E-state index is 11.5. The molecule has 1 amide bonds. The minimum Gasteiger partial charge on any atom is -0.383 e. The predicted molar refractivity (Wildman–Crippen MR) is 53.0 cm³/mol. The van der Waals surface area contributed by atoms with Crippen molar-refractivity contribution < 1.29 is 9.53 Å². The second-order valence-corrected chi connectivity index (χ2v) is 3.07. The molecule has 1 rings (SSSR count). The Morgan fingerprint density at radius 1 is 1.71 bits per heavy atom. The van der Waals surface area contributed by atoms with Gasteiger partial charge in [-0.2, -0.15) is 0 Å². The van der Waals surface area contributed by atoms with Gasteiger partial charge in [0.25, 0.3) is 5.91 Å². The molecule has 1 aromatic rings. The molecule has 0 aliphatic carbocycles.